The van der Waals surface area contributed by atoms with E-state index in [2.05, 4.69) is 10.6 Å². The molecule has 1 saturated carbocycles. The molecule has 0 spiro atoms. The van der Waals surface area contributed by atoms with Gasteiger partial charge in [-0.2, -0.15) is 5.26 Å². The molecule has 2 N–H and O–H groups in total. The minimum absolute atomic E-state index is 0.136. The molecule has 0 heterocycles. The van der Waals surface area contributed by atoms with Crippen LogP contribution < -0.4 is 10.6 Å². The summed E-state index contributed by atoms with van der Waals surface area (Å²) in [6.45, 7) is 0. The van der Waals surface area contributed by atoms with Crippen molar-refractivity contribution in [2.75, 3.05) is 10.6 Å². The Morgan fingerprint density at radius 3 is 2.20 bits per heavy atom. The molecule has 5 nitrogen and oxygen atoms in total. The van der Waals surface area contributed by atoms with Crippen LogP contribution in [0.5, 0.6) is 0 Å². The van der Waals surface area contributed by atoms with Crippen LogP contribution in [0.15, 0.2) is 42.5 Å². The predicted molar refractivity (Wildman–Crippen MR) is 86.4 cm³/mol. The zero-order valence-electron chi connectivity index (χ0n) is 12.9. The largest absolute Gasteiger partial charge is 0.326 e. The number of nitriles is 1. The number of carbonyl (C=O) groups excluding carboxylic acids is 2. The van der Waals surface area contributed by atoms with Gasteiger partial charge in [-0.15, -0.1) is 0 Å². The highest BCUT2D eigenvalue weighted by molar-refractivity contribution is 6.03. The lowest BCUT2D eigenvalue weighted by atomic mass is 10.2. The first kappa shape index (κ1) is 16.6. The fourth-order valence-corrected chi connectivity index (χ4v) is 2.48. The minimum atomic E-state index is -1.06. The normalized spacial score (nSPS) is 18.1. The van der Waals surface area contributed by atoms with Gasteiger partial charge in [0.2, 0.25) is 11.8 Å². The maximum absolute atomic E-state index is 13.1. The number of hydrogen-bond donors (Lipinski definition) is 2. The fraction of sp³-hybridized carbons (Fsp3) is 0.167. The van der Waals surface area contributed by atoms with Crippen LogP contribution in [0.4, 0.5) is 20.2 Å². The third-order valence-electron chi connectivity index (χ3n) is 3.91. The Morgan fingerprint density at radius 1 is 0.960 bits per heavy atom. The maximum Gasteiger partial charge on any atom is 0.228 e. The third kappa shape index (κ3) is 3.80. The lowest BCUT2D eigenvalue weighted by molar-refractivity contribution is -0.122. The van der Waals surface area contributed by atoms with Crippen LogP contribution >= 0.6 is 0 Å². The van der Waals surface area contributed by atoms with E-state index in [0.717, 1.165) is 12.1 Å². The lowest BCUT2D eigenvalue weighted by Crippen LogP contribution is -2.20. The number of anilines is 2. The van der Waals surface area contributed by atoms with E-state index in [1.807, 2.05) is 6.07 Å². The van der Waals surface area contributed by atoms with Crippen LogP contribution in [-0.2, 0) is 9.59 Å². The Kier molecular flexibility index (Phi) is 4.44. The molecule has 3 rings (SSSR count). The molecule has 0 saturated heterocycles. The third-order valence-corrected chi connectivity index (χ3v) is 3.91. The molecule has 0 radical (unpaired) electrons. The summed E-state index contributed by atoms with van der Waals surface area (Å²) < 4.78 is 26.0. The van der Waals surface area contributed by atoms with E-state index >= 15 is 0 Å². The highest BCUT2D eigenvalue weighted by Gasteiger charge is 2.48. The SMILES string of the molecule is N#Cc1cccc(NC(=O)C2CC2C(=O)Nc2ccc(F)c(F)c2)c1. The minimum Gasteiger partial charge on any atom is -0.326 e. The van der Waals surface area contributed by atoms with Crippen LogP contribution in [-0.4, -0.2) is 11.8 Å². The number of nitrogens with one attached hydrogen (secondary N) is 2. The van der Waals surface area contributed by atoms with Crippen LogP contribution in [0.1, 0.15) is 12.0 Å². The summed E-state index contributed by atoms with van der Waals surface area (Å²) in [7, 11) is 0. The average molecular weight is 341 g/mol. The number of carbonyl (C=O) groups is 2. The first-order valence-electron chi connectivity index (χ1n) is 7.55. The summed E-state index contributed by atoms with van der Waals surface area (Å²) in [5.74, 6) is -3.80. The Hall–Kier alpha value is -3.27. The van der Waals surface area contributed by atoms with Crippen molar-refractivity contribution >= 4 is 23.2 Å². The van der Waals surface area contributed by atoms with Crippen molar-refractivity contribution in [1.29, 1.82) is 5.26 Å². The second-order valence-electron chi connectivity index (χ2n) is 5.75. The number of hydrogen-bond acceptors (Lipinski definition) is 3. The molecule has 2 aromatic carbocycles. The van der Waals surface area contributed by atoms with Gasteiger partial charge < -0.3 is 10.6 Å². The summed E-state index contributed by atoms with van der Waals surface area (Å²) in [5.41, 5.74) is 1.04. The van der Waals surface area contributed by atoms with Crippen molar-refractivity contribution in [2.24, 2.45) is 11.8 Å². The van der Waals surface area contributed by atoms with Crippen molar-refractivity contribution in [2.45, 2.75) is 6.42 Å². The molecule has 1 aliphatic rings. The van der Waals surface area contributed by atoms with E-state index in [1.165, 1.54) is 12.1 Å². The standard InChI is InChI=1S/C18H13F2N3O2/c19-15-5-4-12(7-16(15)20)23-18(25)14-8-13(14)17(24)22-11-3-1-2-10(6-11)9-21/h1-7,13-14H,8H2,(H,22,24)(H,23,25). The second-order valence-corrected chi connectivity index (χ2v) is 5.75. The van der Waals surface area contributed by atoms with E-state index in [0.29, 0.717) is 17.7 Å². The maximum atomic E-state index is 13.1. The van der Waals surface area contributed by atoms with Crippen LogP contribution in [0.3, 0.4) is 0 Å². The molecular weight excluding hydrogens is 328 g/mol. The number of nitrogens with zero attached hydrogens (tertiary/aromatic N) is 1. The Balaban J connectivity index is 1.57. The molecule has 7 heteroatoms. The van der Waals surface area contributed by atoms with Crippen LogP contribution in [0, 0.1) is 34.8 Å². The molecule has 2 atom stereocenters. The summed E-state index contributed by atoms with van der Waals surface area (Å²) in [5, 5.41) is 14.0. The molecule has 2 unspecified atom stereocenters. The number of halogens is 2. The molecule has 0 bridgehead atoms. The Labute approximate surface area is 142 Å². The van der Waals surface area contributed by atoms with Crippen molar-refractivity contribution in [1.82, 2.24) is 0 Å². The summed E-state index contributed by atoms with van der Waals surface area (Å²) in [6.07, 6.45) is 0.374. The van der Waals surface area contributed by atoms with Crippen molar-refractivity contribution in [3.05, 3.63) is 59.7 Å². The summed E-state index contributed by atoms with van der Waals surface area (Å²) in [6, 6.07) is 11.5. The van der Waals surface area contributed by atoms with Gasteiger partial charge in [0.05, 0.1) is 23.5 Å². The second kappa shape index (κ2) is 6.69. The van der Waals surface area contributed by atoms with E-state index in [4.69, 9.17) is 5.26 Å². The molecular formula is C18H13F2N3O2. The zero-order chi connectivity index (χ0) is 18.0. The average Bonchev–Trinajstić information content (AvgIpc) is 3.39. The molecule has 0 aliphatic heterocycles. The highest BCUT2D eigenvalue weighted by Crippen LogP contribution is 2.40. The lowest BCUT2D eigenvalue weighted by Gasteiger charge is -2.07. The van der Waals surface area contributed by atoms with Gasteiger partial charge >= 0.3 is 0 Å². The fourth-order valence-electron chi connectivity index (χ4n) is 2.48. The first-order chi connectivity index (χ1) is 12.0. The number of rotatable bonds is 4. The van der Waals surface area contributed by atoms with Gasteiger partial charge in [-0.05, 0) is 36.8 Å². The van der Waals surface area contributed by atoms with Gasteiger partial charge in [0.25, 0.3) is 0 Å². The molecule has 126 valence electrons. The first-order valence-corrected chi connectivity index (χ1v) is 7.55. The quantitative estimate of drug-likeness (QED) is 0.897. The van der Waals surface area contributed by atoms with Gasteiger partial charge in [0.1, 0.15) is 0 Å². The van der Waals surface area contributed by atoms with Gasteiger partial charge in [0.15, 0.2) is 11.6 Å². The molecule has 1 fully saturated rings. The van der Waals surface area contributed by atoms with E-state index in [1.54, 1.807) is 18.2 Å². The summed E-state index contributed by atoms with van der Waals surface area (Å²) in [4.78, 5) is 24.2. The van der Waals surface area contributed by atoms with Crippen molar-refractivity contribution in [3.63, 3.8) is 0 Å². The molecule has 1 aliphatic carbocycles. The van der Waals surface area contributed by atoms with E-state index < -0.39 is 29.4 Å². The Bertz CT molecular complexity index is 892. The molecule has 2 aromatic rings. The van der Waals surface area contributed by atoms with Crippen LogP contribution in [0.2, 0.25) is 0 Å². The van der Waals surface area contributed by atoms with Gasteiger partial charge in [0, 0.05) is 17.4 Å². The molecule has 25 heavy (non-hydrogen) atoms. The van der Waals surface area contributed by atoms with Crippen molar-refractivity contribution < 1.29 is 18.4 Å². The number of benzene rings is 2. The summed E-state index contributed by atoms with van der Waals surface area (Å²) >= 11 is 0. The number of amides is 2. The molecule has 2 amide bonds. The molecule has 0 aromatic heterocycles. The predicted octanol–water partition coefficient (Wildman–Crippen LogP) is 3.05. The van der Waals surface area contributed by atoms with Gasteiger partial charge in [-0.1, -0.05) is 6.07 Å². The zero-order valence-corrected chi connectivity index (χ0v) is 12.9. The van der Waals surface area contributed by atoms with E-state index in [-0.39, 0.29) is 11.6 Å². The highest BCUT2D eigenvalue weighted by atomic mass is 19.2. The Morgan fingerprint density at radius 2 is 1.60 bits per heavy atom. The van der Waals surface area contributed by atoms with Crippen LogP contribution in [0.25, 0.3) is 0 Å². The van der Waals surface area contributed by atoms with Crippen molar-refractivity contribution in [3.8, 4) is 6.07 Å². The van der Waals surface area contributed by atoms with Gasteiger partial charge in [-0.3, -0.25) is 9.59 Å². The van der Waals surface area contributed by atoms with Gasteiger partial charge in [-0.25, -0.2) is 8.78 Å². The topological polar surface area (TPSA) is 82.0 Å². The van der Waals surface area contributed by atoms with E-state index in [9.17, 15) is 18.4 Å². The smallest absolute Gasteiger partial charge is 0.228 e. The monoisotopic (exact) mass is 341 g/mol.